The largest absolute Gasteiger partial charge is 0.253 e. The smallest absolute Gasteiger partial charge is 0.0886 e. The minimum Gasteiger partial charge on any atom is -0.253 e. The van der Waals surface area contributed by atoms with Crippen LogP contribution in [0.4, 0.5) is 0 Å². The molecule has 0 unspecified atom stereocenters. The van der Waals surface area contributed by atoms with Crippen LogP contribution in [-0.2, 0) is 0 Å². The first-order valence-electron chi connectivity index (χ1n) is 4.71. The van der Waals surface area contributed by atoms with Crippen molar-refractivity contribution in [1.82, 2.24) is 25.4 Å². The van der Waals surface area contributed by atoms with Crippen LogP contribution in [0.25, 0.3) is 11.0 Å². The van der Waals surface area contributed by atoms with Gasteiger partial charge in [0.15, 0.2) is 0 Å². The molecule has 3 rings (SSSR count). The molecule has 0 saturated carbocycles. The summed E-state index contributed by atoms with van der Waals surface area (Å²) in [4.78, 5) is 8.24. The van der Waals surface area contributed by atoms with Gasteiger partial charge in [-0.3, -0.25) is 9.97 Å². The number of aromatic nitrogens is 5. The van der Waals surface area contributed by atoms with Crippen molar-refractivity contribution in [3.05, 3.63) is 55.1 Å². The molecule has 0 bridgehead atoms. The zero-order valence-electron chi connectivity index (χ0n) is 8.43. The Hall–Kier alpha value is -2.43. The van der Waals surface area contributed by atoms with Crippen molar-refractivity contribution in [3.8, 4) is 0 Å². The number of hydrogen-bond donors (Lipinski definition) is 0. The van der Waals surface area contributed by atoms with Gasteiger partial charge in [0.05, 0.1) is 23.4 Å². The lowest BCUT2D eigenvalue weighted by atomic mass is 10.3. The molecule has 5 nitrogen and oxygen atoms in total. The van der Waals surface area contributed by atoms with Gasteiger partial charge >= 0.3 is 0 Å². The van der Waals surface area contributed by atoms with Crippen molar-refractivity contribution in [1.29, 1.82) is 0 Å². The van der Waals surface area contributed by atoms with E-state index in [-0.39, 0.29) is 0 Å². The van der Waals surface area contributed by atoms with Gasteiger partial charge in [-0.1, -0.05) is 12.1 Å². The Balaban J connectivity index is 0.000000138. The zero-order chi connectivity index (χ0) is 11.1. The van der Waals surface area contributed by atoms with Crippen LogP contribution in [-0.4, -0.2) is 25.4 Å². The van der Waals surface area contributed by atoms with Gasteiger partial charge in [0.1, 0.15) is 0 Å². The van der Waals surface area contributed by atoms with E-state index in [4.69, 9.17) is 0 Å². The molecule has 0 atom stereocenters. The molecule has 1 aromatic carbocycles. The third kappa shape index (κ3) is 2.78. The fraction of sp³-hybridized carbons (Fsp3) is 0. The Morgan fingerprint density at radius 2 is 1.19 bits per heavy atom. The third-order valence-corrected chi connectivity index (χ3v) is 1.78. The second kappa shape index (κ2) is 5.45. The molecule has 3 aromatic rings. The van der Waals surface area contributed by atoms with Crippen molar-refractivity contribution in [2.24, 2.45) is 0 Å². The fourth-order valence-corrected chi connectivity index (χ4v) is 1.11. The van der Waals surface area contributed by atoms with Gasteiger partial charge in [-0.25, -0.2) is 0 Å². The highest BCUT2D eigenvalue weighted by Crippen LogP contribution is 2.04. The molecule has 5 heteroatoms. The third-order valence-electron chi connectivity index (χ3n) is 1.78. The number of nitrogens with zero attached hydrogens (tertiary/aromatic N) is 5. The summed E-state index contributed by atoms with van der Waals surface area (Å²) < 4.78 is 0. The summed E-state index contributed by atoms with van der Waals surface area (Å²) in [5.74, 6) is 0. The Kier molecular flexibility index (Phi) is 3.44. The minimum atomic E-state index is 0.949. The van der Waals surface area contributed by atoms with Crippen LogP contribution in [0.15, 0.2) is 55.1 Å². The van der Waals surface area contributed by atoms with Gasteiger partial charge in [-0.15, -0.1) is 10.2 Å². The van der Waals surface area contributed by atoms with E-state index < -0.39 is 0 Å². The molecule has 0 saturated heterocycles. The lowest BCUT2D eigenvalue weighted by Crippen LogP contribution is -1.78. The number of rotatable bonds is 0. The van der Waals surface area contributed by atoms with Gasteiger partial charge in [0.2, 0.25) is 0 Å². The predicted octanol–water partition coefficient (Wildman–Crippen LogP) is 1.50. The van der Waals surface area contributed by atoms with Gasteiger partial charge in [-0.05, 0) is 23.4 Å². The second-order valence-electron chi connectivity index (χ2n) is 2.86. The Morgan fingerprint density at radius 3 is 1.56 bits per heavy atom. The number of benzene rings is 1. The molecule has 0 amide bonds. The van der Waals surface area contributed by atoms with Crippen LogP contribution in [0, 0.1) is 0 Å². The molecule has 0 aliphatic rings. The van der Waals surface area contributed by atoms with E-state index in [9.17, 15) is 0 Å². The Labute approximate surface area is 92.2 Å². The zero-order valence-corrected chi connectivity index (χ0v) is 8.43. The molecule has 2 aromatic heterocycles. The summed E-state index contributed by atoms with van der Waals surface area (Å²) in [7, 11) is 0. The molecular formula is C11H9N5. The fourth-order valence-electron chi connectivity index (χ4n) is 1.11. The van der Waals surface area contributed by atoms with E-state index in [0.29, 0.717) is 0 Å². The van der Waals surface area contributed by atoms with Gasteiger partial charge in [-0.2, -0.15) is 0 Å². The topological polar surface area (TPSA) is 64.5 Å². The minimum absolute atomic E-state index is 0.949. The van der Waals surface area contributed by atoms with Crippen LogP contribution < -0.4 is 0 Å². The Morgan fingerprint density at radius 1 is 0.625 bits per heavy atom. The molecule has 0 fully saturated rings. The van der Waals surface area contributed by atoms with Crippen molar-refractivity contribution in [3.63, 3.8) is 0 Å². The first kappa shape index (κ1) is 10.1. The summed E-state index contributed by atoms with van der Waals surface area (Å²) >= 11 is 0. The van der Waals surface area contributed by atoms with Gasteiger partial charge < -0.3 is 0 Å². The summed E-state index contributed by atoms with van der Waals surface area (Å²) in [6.45, 7) is 0. The summed E-state index contributed by atoms with van der Waals surface area (Å²) in [6.07, 6.45) is 6.55. The lowest BCUT2D eigenvalue weighted by Gasteiger charge is -1.90. The first-order valence-corrected chi connectivity index (χ1v) is 4.71. The van der Waals surface area contributed by atoms with Crippen LogP contribution >= 0.6 is 0 Å². The maximum atomic E-state index is 4.12. The Bertz CT molecular complexity index is 449. The number of fused-ring (bicyclic) bond motifs is 1. The molecule has 16 heavy (non-hydrogen) atoms. The van der Waals surface area contributed by atoms with Gasteiger partial charge in [0, 0.05) is 12.4 Å². The highest BCUT2D eigenvalue weighted by atomic mass is 15.3. The molecule has 78 valence electrons. The number of para-hydroxylation sites is 2. The quantitative estimate of drug-likeness (QED) is 0.563. The summed E-state index contributed by atoms with van der Waals surface area (Å²) in [6, 6.07) is 9.52. The van der Waals surface area contributed by atoms with Crippen molar-refractivity contribution < 1.29 is 0 Å². The molecule has 0 aliphatic carbocycles. The summed E-state index contributed by atoms with van der Waals surface area (Å²) in [5.41, 5.74) is 1.90. The monoisotopic (exact) mass is 211 g/mol. The normalized spacial score (nSPS) is 9.25. The predicted molar refractivity (Wildman–Crippen MR) is 59.4 cm³/mol. The van der Waals surface area contributed by atoms with E-state index in [1.165, 1.54) is 0 Å². The van der Waals surface area contributed by atoms with Gasteiger partial charge in [0.25, 0.3) is 0 Å². The average Bonchev–Trinajstić information content (AvgIpc) is 2.42. The maximum absolute atomic E-state index is 4.12. The van der Waals surface area contributed by atoms with E-state index in [2.05, 4.69) is 25.4 Å². The number of hydrogen-bond acceptors (Lipinski definition) is 5. The SMILES string of the molecule is c1ccc2nccnc2c1.c1cnnnc1. The van der Waals surface area contributed by atoms with E-state index in [1.54, 1.807) is 30.9 Å². The molecule has 0 aliphatic heterocycles. The van der Waals surface area contributed by atoms with Crippen molar-refractivity contribution in [2.45, 2.75) is 0 Å². The van der Waals surface area contributed by atoms with Crippen LogP contribution in [0.1, 0.15) is 0 Å². The highest BCUT2D eigenvalue weighted by Gasteiger charge is 1.88. The van der Waals surface area contributed by atoms with E-state index in [0.717, 1.165) is 11.0 Å². The summed E-state index contributed by atoms with van der Waals surface area (Å²) in [5, 5.41) is 10.1. The molecule has 0 spiro atoms. The second-order valence-corrected chi connectivity index (χ2v) is 2.86. The standard InChI is InChI=1S/C8H6N2.C3H3N3/c1-2-4-8-7(3-1)9-5-6-10-8;1-2-4-6-5-3-1/h1-6H;1-3H. The van der Waals surface area contributed by atoms with Crippen LogP contribution in [0.5, 0.6) is 0 Å². The van der Waals surface area contributed by atoms with Crippen molar-refractivity contribution >= 4 is 11.0 Å². The molecule has 2 heterocycles. The molecule has 0 radical (unpaired) electrons. The average molecular weight is 211 g/mol. The van der Waals surface area contributed by atoms with Crippen molar-refractivity contribution in [2.75, 3.05) is 0 Å². The first-order chi connectivity index (χ1) is 7.97. The lowest BCUT2D eigenvalue weighted by molar-refractivity contribution is 0.865. The van der Waals surface area contributed by atoms with Crippen LogP contribution in [0.3, 0.4) is 0 Å². The molecular weight excluding hydrogens is 202 g/mol. The van der Waals surface area contributed by atoms with E-state index >= 15 is 0 Å². The molecule has 0 N–H and O–H groups in total. The highest BCUT2D eigenvalue weighted by molar-refractivity contribution is 5.72. The van der Waals surface area contributed by atoms with E-state index in [1.807, 2.05) is 24.3 Å². The maximum Gasteiger partial charge on any atom is 0.0886 e. The van der Waals surface area contributed by atoms with Crippen LogP contribution in [0.2, 0.25) is 0 Å².